The van der Waals surface area contributed by atoms with E-state index >= 15 is 0 Å². The van der Waals surface area contributed by atoms with Crippen molar-refractivity contribution >= 4 is 34.8 Å². The number of hydrogen-bond donors (Lipinski definition) is 2. The van der Waals surface area contributed by atoms with E-state index in [-0.39, 0.29) is 34.7 Å². The number of imidazole rings is 1. The maximum absolute atomic E-state index is 14.6. The molecule has 0 radical (unpaired) electrons. The number of carbonyl (C=O) groups is 3. The van der Waals surface area contributed by atoms with Crippen LogP contribution in [0.4, 0.5) is 19.1 Å². The number of rotatable bonds is 6. The normalized spacial score (nSPS) is 19.8. The minimum Gasteiger partial charge on any atom is -0.423 e. The second-order valence-corrected chi connectivity index (χ2v) is 9.05. The Labute approximate surface area is 203 Å². The summed E-state index contributed by atoms with van der Waals surface area (Å²) in [5.74, 6) is -3.07. The zero-order valence-corrected chi connectivity index (χ0v) is 19.1. The second-order valence-electron chi connectivity index (χ2n) is 9.05. The molecule has 0 bridgehead atoms. The fourth-order valence-corrected chi connectivity index (χ4v) is 4.97. The second kappa shape index (κ2) is 8.96. The molecule has 2 amide bonds. The van der Waals surface area contributed by atoms with Gasteiger partial charge in [0, 0.05) is 6.42 Å². The lowest BCUT2D eigenvalue weighted by Crippen LogP contribution is -2.63. The fraction of sp³-hybridized carbons (Fsp3) is 0.360. The van der Waals surface area contributed by atoms with Gasteiger partial charge in [-0.1, -0.05) is 49.9 Å². The van der Waals surface area contributed by atoms with Gasteiger partial charge in [0.15, 0.2) is 0 Å². The number of halogens is 3. The topological polar surface area (TPSA) is 102 Å². The van der Waals surface area contributed by atoms with Crippen LogP contribution in [0.25, 0.3) is 11.0 Å². The third-order valence-corrected chi connectivity index (χ3v) is 6.73. The molecule has 2 aromatic carbocycles. The summed E-state index contributed by atoms with van der Waals surface area (Å²) in [5.41, 5.74) is -3.73. The van der Waals surface area contributed by atoms with Crippen molar-refractivity contribution in [1.29, 1.82) is 0 Å². The summed E-state index contributed by atoms with van der Waals surface area (Å²) >= 11 is 0. The lowest BCUT2D eigenvalue weighted by atomic mass is 10.0. The molecule has 36 heavy (non-hydrogen) atoms. The van der Waals surface area contributed by atoms with Crippen LogP contribution in [0.3, 0.4) is 0 Å². The smallest absolute Gasteiger partial charge is 0.423 e. The maximum Gasteiger partial charge on any atom is 0.440 e. The van der Waals surface area contributed by atoms with Crippen LogP contribution in [-0.4, -0.2) is 33.5 Å². The number of esters is 1. The first-order valence-electron chi connectivity index (χ1n) is 11.7. The van der Waals surface area contributed by atoms with E-state index in [9.17, 15) is 27.6 Å². The number of ether oxygens (including phenoxy) is 1. The van der Waals surface area contributed by atoms with E-state index in [2.05, 4.69) is 10.3 Å². The van der Waals surface area contributed by atoms with Gasteiger partial charge in [-0.15, -0.1) is 0 Å². The van der Waals surface area contributed by atoms with Gasteiger partial charge in [-0.3, -0.25) is 19.5 Å². The minimum absolute atomic E-state index is 0.0869. The van der Waals surface area contributed by atoms with E-state index in [1.165, 1.54) is 18.2 Å². The average molecular weight is 500 g/mol. The molecule has 2 aliphatic rings. The molecule has 2 N–H and O–H groups in total. The number of carbonyl (C=O) groups excluding carboxylic acids is 3. The summed E-state index contributed by atoms with van der Waals surface area (Å²) in [4.78, 5) is 42.4. The molecule has 5 rings (SSSR count). The Morgan fingerprint density at radius 3 is 2.53 bits per heavy atom. The Morgan fingerprint density at radius 1 is 1.11 bits per heavy atom. The zero-order chi connectivity index (χ0) is 25.5. The molecular weight excluding hydrogens is 477 g/mol. The molecule has 1 fully saturated rings. The number of nitrogens with one attached hydrogen (secondary N) is 2. The van der Waals surface area contributed by atoms with Crippen LogP contribution in [-0.2, 0) is 15.3 Å². The number of alkyl halides is 3. The van der Waals surface area contributed by atoms with Crippen LogP contribution in [0.5, 0.6) is 5.75 Å². The van der Waals surface area contributed by atoms with E-state index in [4.69, 9.17) is 4.74 Å². The number of nitrogens with zero attached hydrogens (tertiary/aromatic N) is 2. The molecule has 1 aliphatic heterocycles. The summed E-state index contributed by atoms with van der Waals surface area (Å²) in [6, 6.07) is 12.2. The lowest BCUT2D eigenvalue weighted by molar-refractivity contribution is -0.217. The van der Waals surface area contributed by atoms with Gasteiger partial charge in [0.25, 0.3) is 11.6 Å². The molecule has 1 unspecified atom stereocenters. The molecule has 3 aromatic rings. The highest BCUT2D eigenvalue weighted by molar-refractivity contribution is 6.08. The zero-order valence-electron chi connectivity index (χ0n) is 19.1. The van der Waals surface area contributed by atoms with Gasteiger partial charge in [0.1, 0.15) is 11.3 Å². The van der Waals surface area contributed by atoms with Crippen molar-refractivity contribution < 1.29 is 32.3 Å². The van der Waals surface area contributed by atoms with E-state index in [0.29, 0.717) is 11.0 Å². The van der Waals surface area contributed by atoms with E-state index in [1.54, 1.807) is 30.3 Å². The van der Waals surface area contributed by atoms with Gasteiger partial charge in [0.2, 0.25) is 11.9 Å². The molecule has 1 aromatic heterocycles. The number of aromatic nitrogens is 2. The van der Waals surface area contributed by atoms with E-state index < -0.39 is 35.6 Å². The highest BCUT2D eigenvalue weighted by atomic mass is 19.4. The molecule has 188 valence electrons. The Hall–Kier alpha value is -3.89. The van der Waals surface area contributed by atoms with Crippen LogP contribution in [0.1, 0.15) is 48.9 Å². The van der Waals surface area contributed by atoms with Gasteiger partial charge < -0.3 is 10.1 Å². The third-order valence-electron chi connectivity index (χ3n) is 6.73. The first kappa shape index (κ1) is 23.8. The minimum atomic E-state index is -5.19. The number of hydrogen-bond acceptors (Lipinski definition) is 5. The molecule has 0 spiro atoms. The van der Waals surface area contributed by atoms with Crippen molar-refractivity contribution in [2.24, 2.45) is 5.92 Å². The van der Waals surface area contributed by atoms with Crippen LogP contribution < -0.4 is 15.4 Å². The molecule has 2 heterocycles. The monoisotopic (exact) mass is 500 g/mol. The molecule has 0 saturated heterocycles. The quantitative estimate of drug-likeness (QED) is 0.383. The Bertz CT molecular complexity index is 1330. The standard InChI is InChI=1S/C25H23F3N4O4/c26-25(27,28)24(31-19(33)14-13-15-7-4-5-8-15)22(35)30-23-29-20-17(11-6-12-18(20)32(23)24)21(34)36-16-9-2-1-3-10-16/h1-3,6,9-12,15H,4-5,7-8,13-14H2,(H,31,33)(H,29,30,35). The molecule has 1 atom stereocenters. The third kappa shape index (κ3) is 3.98. The number of benzene rings is 2. The van der Waals surface area contributed by atoms with Gasteiger partial charge >= 0.3 is 12.1 Å². The number of anilines is 1. The van der Waals surface area contributed by atoms with Crippen molar-refractivity contribution in [2.75, 3.05) is 5.32 Å². The summed E-state index contributed by atoms with van der Waals surface area (Å²) < 4.78 is 49.7. The van der Waals surface area contributed by atoms with Crippen molar-refractivity contribution in [3.8, 4) is 5.75 Å². The number of amides is 2. The first-order chi connectivity index (χ1) is 17.2. The largest absolute Gasteiger partial charge is 0.440 e. The molecule has 1 aliphatic carbocycles. The van der Waals surface area contributed by atoms with Gasteiger partial charge in [0.05, 0.1) is 11.1 Å². The summed E-state index contributed by atoms with van der Waals surface area (Å²) in [5, 5.41) is 4.09. The summed E-state index contributed by atoms with van der Waals surface area (Å²) in [6.07, 6.45) is -0.909. The van der Waals surface area contributed by atoms with E-state index in [1.807, 2.05) is 5.32 Å². The van der Waals surface area contributed by atoms with Crippen LogP contribution in [0, 0.1) is 5.92 Å². The highest BCUT2D eigenvalue weighted by Crippen LogP contribution is 2.44. The van der Waals surface area contributed by atoms with Crippen molar-refractivity contribution in [3.63, 3.8) is 0 Å². The maximum atomic E-state index is 14.6. The first-order valence-corrected chi connectivity index (χ1v) is 11.7. The number of para-hydroxylation sites is 2. The molecular formula is C25H23F3N4O4. The van der Waals surface area contributed by atoms with Crippen molar-refractivity contribution in [2.45, 2.75) is 50.4 Å². The SMILES string of the molecule is O=C(CCC1CCCC1)NC1(C(F)(F)F)C(=O)Nc2nc3c(C(=O)Oc4ccccc4)cccc3n21. The molecule has 8 nitrogen and oxygen atoms in total. The van der Waals surface area contributed by atoms with Crippen LogP contribution >= 0.6 is 0 Å². The molecule has 11 heteroatoms. The van der Waals surface area contributed by atoms with Crippen molar-refractivity contribution in [1.82, 2.24) is 14.9 Å². The summed E-state index contributed by atoms with van der Waals surface area (Å²) in [7, 11) is 0. The van der Waals surface area contributed by atoms with Gasteiger partial charge in [-0.2, -0.15) is 13.2 Å². The fourth-order valence-electron chi connectivity index (χ4n) is 4.97. The Kier molecular flexibility index (Phi) is 5.93. The molecule has 1 saturated carbocycles. The average Bonchev–Trinajstić information content (AvgIpc) is 3.54. The predicted molar refractivity (Wildman–Crippen MR) is 123 cm³/mol. The van der Waals surface area contributed by atoms with Crippen LogP contribution in [0.15, 0.2) is 48.5 Å². The number of fused-ring (bicyclic) bond motifs is 3. The van der Waals surface area contributed by atoms with Crippen molar-refractivity contribution in [3.05, 3.63) is 54.1 Å². The Balaban J connectivity index is 1.52. The predicted octanol–water partition coefficient (Wildman–Crippen LogP) is 4.51. The van der Waals surface area contributed by atoms with Gasteiger partial charge in [-0.25, -0.2) is 9.78 Å². The Morgan fingerprint density at radius 2 is 1.83 bits per heavy atom. The van der Waals surface area contributed by atoms with Gasteiger partial charge in [-0.05, 0) is 36.6 Å². The van der Waals surface area contributed by atoms with E-state index in [0.717, 1.165) is 25.7 Å². The highest BCUT2D eigenvalue weighted by Gasteiger charge is 2.67. The lowest BCUT2D eigenvalue weighted by Gasteiger charge is -2.32. The van der Waals surface area contributed by atoms with Crippen LogP contribution in [0.2, 0.25) is 0 Å². The summed E-state index contributed by atoms with van der Waals surface area (Å²) in [6.45, 7) is 0.